The Bertz CT molecular complexity index is 1040. The summed E-state index contributed by atoms with van der Waals surface area (Å²) >= 11 is 0. The Balaban J connectivity index is 1.29. The van der Waals surface area contributed by atoms with Crippen molar-refractivity contribution in [3.8, 4) is 0 Å². The maximum atomic E-state index is 14.0. The molecule has 0 bridgehead atoms. The van der Waals surface area contributed by atoms with Crippen molar-refractivity contribution in [1.82, 2.24) is 19.1 Å². The zero-order chi connectivity index (χ0) is 27.8. The SMILES string of the molecule is BC1CN(C)CC(COCP(=O)(N(C)C)N2CCN(C(=O)CCC(c3ccccc3)c3ccccc3)CC2)O1. The number of carbonyl (C=O) groups is 1. The number of morpholine rings is 1. The van der Waals surface area contributed by atoms with Gasteiger partial charge in [0.25, 0.3) is 0 Å². The van der Waals surface area contributed by atoms with Crippen LogP contribution in [0.4, 0.5) is 0 Å². The second kappa shape index (κ2) is 14.1. The van der Waals surface area contributed by atoms with Gasteiger partial charge in [-0.05, 0) is 38.7 Å². The van der Waals surface area contributed by atoms with E-state index in [1.54, 1.807) is 4.67 Å². The molecule has 10 heteroatoms. The first-order valence-electron chi connectivity index (χ1n) is 14.1. The third-order valence-electron chi connectivity index (χ3n) is 7.80. The van der Waals surface area contributed by atoms with Crippen molar-refractivity contribution in [3.63, 3.8) is 0 Å². The molecule has 2 aromatic carbocycles. The Labute approximate surface area is 235 Å². The molecule has 2 heterocycles. The molecule has 0 spiro atoms. The zero-order valence-electron chi connectivity index (χ0n) is 23.9. The monoisotopic (exact) mass is 554 g/mol. The highest BCUT2D eigenvalue weighted by Crippen LogP contribution is 2.51. The molecule has 2 saturated heterocycles. The lowest BCUT2D eigenvalue weighted by Crippen LogP contribution is -2.49. The third-order valence-corrected chi connectivity index (χ3v) is 10.9. The van der Waals surface area contributed by atoms with E-state index in [9.17, 15) is 9.36 Å². The van der Waals surface area contributed by atoms with E-state index >= 15 is 0 Å². The summed E-state index contributed by atoms with van der Waals surface area (Å²) in [7, 11) is 4.95. The topological polar surface area (TPSA) is 65.6 Å². The molecule has 3 unspecified atom stereocenters. The summed E-state index contributed by atoms with van der Waals surface area (Å²) in [6.07, 6.45) is 1.38. The van der Waals surface area contributed by atoms with Crippen molar-refractivity contribution < 1.29 is 18.8 Å². The molecular weight excluding hydrogens is 510 g/mol. The Kier molecular flexibility index (Phi) is 10.8. The molecule has 0 radical (unpaired) electrons. The van der Waals surface area contributed by atoms with E-state index in [0.717, 1.165) is 19.5 Å². The molecule has 0 saturated carbocycles. The van der Waals surface area contributed by atoms with E-state index in [1.807, 2.05) is 35.8 Å². The first kappa shape index (κ1) is 30.0. The van der Waals surface area contributed by atoms with Gasteiger partial charge >= 0.3 is 0 Å². The predicted molar refractivity (Wildman–Crippen MR) is 159 cm³/mol. The zero-order valence-corrected chi connectivity index (χ0v) is 24.8. The van der Waals surface area contributed by atoms with Crippen molar-refractivity contribution in [2.75, 3.05) is 73.4 Å². The summed E-state index contributed by atoms with van der Waals surface area (Å²) in [4.78, 5) is 17.4. The van der Waals surface area contributed by atoms with Gasteiger partial charge in [0, 0.05) is 57.6 Å². The molecule has 0 aromatic heterocycles. The van der Waals surface area contributed by atoms with Crippen LogP contribution >= 0.6 is 7.44 Å². The summed E-state index contributed by atoms with van der Waals surface area (Å²) < 4.78 is 29.8. The summed E-state index contributed by atoms with van der Waals surface area (Å²) in [5.74, 6) is 0.342. The van der Waals surface area contributed by atoms with E-state index in [1.165, 1.54) is 11.1 Å². The fraction of sp³-hybridized carbons (Fsp3) is 0.552. The third kappa shape index (κ3) is 8.03. The van der Waals surface area contributed by atoms with Gasteiger partial charge in [0.2, 0.25) is 13.4 Å². The van der Waals surface area contributed by atoms with Crippen LogP contribution in [-0.2, 0) is 18.8 Å². The molecule has 2 aliphatic heterocycles. The van der Waals surface area contributed by atoms with Crippen LogP contribution in [0.25, 0.3) is 0 Å². The minimum absolute atomic E-state index is 0.0144. The Morgan fingerprint density at radius 1 is 1.03 bits per heavy atom. The van der Waals surface area contributed by atoms with Gasteiger partial charge in [0.05, 0.1) is 12.7 Å². The van der Waals surface area contributed by atoms with Gasteiger partial charge in [-0.1, -0.05) is 60.7 Å². The maximum absolute atomic E-state index is 14.0. The minimum atomic E-state index is -2.90. The Morgan fingerprint density at radius 2 is 1.62 bits per heavy atom. The van der Waals surface area contributed by atoms with E-state index in [2.05, 4.69) is 68.3 Å². The van der Waals surface area contributed by atoms with Crippen LogP contribution < -0.4 is 0 Å². The van der Waals surface area contributed by atoms with Crippen LogP contribution in [0.5, 0.6) is 0 Å². The second-order valence-electron chi connectivity index (χ2n) is 11.0. The molecule has 0 aliphatic carbocycles. The predicted octanol–water partition coefficient (Wildman–Crippen LogP) is 2.76. The van der Waals surface area contributed by atoms with E-state index < -0.39 is 7.44 Å². The van der Waals surface area contributed by atoms with Gasteiger partial charge in [-0.25, -0.2) is 9.34 Å². The largest absolute Gasteiger partial charge is 0.379 e. The molecule has 4 rings (SSSR count). The average Bonchev–Trinajstić information content (AvgIpc) is 2.93. The highest BCUT2D eigenvalue weighted by Gasteiger charge is 2.37. The highest BCUT2D eigenvalue weighted by molar-refractivity contribution is 7.58. The summed E-state index contributed by atoms with van der Waals surface area (Å²) in [5, 5.41) is 0. The molecule has 1 amide bonds. The van der Waals surface area contributed by atoms with Gasteiger partial charge in [-0.3, -0.25) is 9.36 Å². The number of piperazine rings is 1. The molecule has 2 fully saturated rings. The highest BCUT2D eigenvalue weighted by atomic mass is 31.2. The first-order chi connectivity index (χ1) is 18.8. The van der Waals surface area contributed by atoms with Crippen molar-refractivity contribution in [2.24, 2.45) is 0 Å². The Morgan fingerprint density at radius 3 is 2.15 bits per heavy atom. The van der Waals surface area contributed by atoms with E-state index in [4.69, 9.17) is 9.47 Å². The maximum Gasteiger partial charge on any atom is 0.241 e. The lowest BCUT2D eigenvalue weighted by Gasteiger charge is -2.41. The number of rotatable bonds is 11. The number of hydrogen-bond donors (Lipinski definition) is 0. The number of hydrogen-bond acceptors (Lipinski definition) is 5. The van der Waals surface area contributed by atoms with Gasteiger partial charge < -0.3 is 19.3 Å². The summed E-state index contributed by atoms with van der Waals surface area (Å²) in [6.45, 7) is 4.45. The van der Waals surface area contributed by atoms with Crippen LogP contribution in [0.3, 0.4) is 0 Å². The summed E-state index contributed by atoms with van der Waals surface area (Å²) in [6, 6.07) is 21.0. The lowest BCUT2D eigenvalue weighted by molar-refractivity contribution is -0.132. The molecule has 212 valence electrons. The quantitative estimate of drug-likeness (QED) is 0.313. The molecular formula is C29H44BN4O4P. The number of likely N-dealkylation sites (N-methyl/N-ethyl adjacent to an activating group) is 1. The van der Waals surface area contributed by atoms with Crippen LogP contribution in [0, 0.1) is 0 Å². The number of carbonyl (C=O) groups excluding carboxylic acids is 1. The van der Waals surface area contributed by atoms with Crippen molar-refractivity contribution in [3.05, 3.63) is 71.8 Å². The van der Waals surface area contributed by atoms with E-state index in [0.29, 0.717) is 39.2 Å². The fourth-order valence-corrected chi connectivity index (χ4v) is 7.75. The second-order valence-corrected chi connectivity index (χ2v) is 14.0. The van der Waals surface area contributed by atoms with Gasteiger partial charge in [-0.15, -0.1) is 0 Å². The molecule has 2 aliphatic rings. The number of amides is 1. The van der Waals surface area contributed by atoms with Crippen molar-refractivity contribution in [2.45, 2.75) is 30.9 Å². The van der Waals surface area contributed by atoms with Crippen LogP contribution in [0.15, 0.2) is 60.7 Å². The Hall–Kier alpha value is -2.00. The normalized spacial score (nSPS) is 22.7. The van der Waals surface area contributed by atoms with Crippen LogP contribution in [-0.4, -0.2) is 118 Å². The number of benzene rings is 2. The average molecular weight is 554 g/mol. The smallest absolute Gasteiger partial charge is 0.241 e. The first-order valence-corrected chi connectivity index (χ1v) is 15.9. The van der Waals surface area contributed by atoms with Gasteiger partial charge in [0.1, 0.15) is 14.2 Å². The molecule has 2 aromatic rings. The molecule has 0 N–H and O–H groups in total. The standard InChI is InChI=1S/C29H44BN4O4P/c1-31(2)39(36,23-37-22-26-20-32(3)21-28(30)38-26)34-18-16-33(17-19-34)29(35)15-14-27(24-10-6-4-7-11-24)25-12-8-5-9-13-25/h4-13,26-28H,14-23,30H2,1-3H3. The van der Waals surface area contributed by atoms with Gasteiger partial charge in [0.15, 0.2) is 0 Å². The van der Waals surface area contributed by atoms with Gasteiger partial charge in [-0.2, -0.15) is 0 Å². The molecule has 3 atom stereocenters. The summed E-state index contributed by atoms with van der Waals surface area (Å²) in [5.41, 5.74) is 2.46. The van der Waals surface area contributed by atoms with E-state index in [-0.39, 0.29) is 30.3 Å². The molecule has 8 nitrogen and oxygen atoms in total. The fourth-order valence-electron chi connectivity index (χ4n) is 5.70. The minimum Gasteiger partial charge on any atom is -0.379 e. The number of ether oxygens (including phenoxy) is 2. The van der Waals surface area contributed by atoms with Crippen molar-refractivity contribution >= 4 is 21.2 Å². The lowest BCUT2D eigenvalue weighted by atomic mass is 9.87. The van der Waals surface area contributed by atoms with Crippen LogP contribution in [0.1, 0.15) is 29.9 Å². The number of nitrogens with zero attached hydrogens (tertiary/aromatic N) is 4. The van der Waals surface area contributed by atoms with Crippen molar-refractivity contribution in [1.29, 1.82) is 0 Å². The van der Waals surface area contributed by atoms with Crippen LogP contribution in [0.2, 0.25) is 0 Å². The molecule has 39 heavy (non-hydrogen) atoms.